The van der Waals surface area contributed by atoms with Crippen molar-refractivity contribution >= 4 is 23.5 Å². The summed E-state index contributed by atoms with van der Waals surface area (Å²) in [7, 11) is 0. The molecular weight excluding hydrogens is 363 g/mol. The lowest BCUT2D eigenvalue weighted by Crippen LogP contribution is -2.65. The maximum absolute atomic E-state index is 13.2. The first-order chi connectivity index (χ1) is 13.5. The molecule has 2 aromatic rings. The average molecular weight is 378 g/mol. The summed E-state index contributed by atoms with van der Waals surface area (Å²) in [5.41, 5.74) is 1.03. The summed E-state index contributed by atoms with van der Waals surface area (Å²) < 4.78 is 13.2. The van der Waals surface area contributed by atoms with Crippen LogP contribution in [0.3, 0.4) is 0 Å². The minimum Gasteiger partial charge on any atom is -0.332 e. The number of carbonyl (C=O) groups excluding carboxylic acids is 3. The fraction of sp³-hybridized carbons (Fsp3) is 0.200. The predicted molar refractivity (Wildman–Crippen MR) is 96.8 cm³/mol. The van der Waals surface area contributed by atoms with Crippen molar-refractivity contribution in [2.24, 2.45) is 0 Å². The van der Waals surface area contributed by atoms with E-state index in [0.717, 1.165) is 17.0 Å². The fourth-order valence-corrected chi connectivity index (χ4v) is 3.62. The molecule has 140 valence electrons. The average Bonchev–Trinajstić information content (AvgIpc) is 3.13. The molecule has 2 atom stereocenters. The van der Waals surface area contributed by atoms with E-state index in [4.69, 9.17) is 5.26 Å². The van der Waals surface area contributed by atoms with Gasteiger partial charge in [-0.05, 0) is 55.0 Å². The normalized spacial score (nSPS) is 21.1. The van der Waals surface area contributed by atoms with Crippen molar-refractivity contribution in [1.29, 1.82) is 5.26 Å². The Hall–Kier alpha value is -3.73. The third kappa shape index (κ3) is 2.87. The Morgan fingerprint density at radius 2 is 1.79 bits per heavy atom. The molecule has 2 heterocycles. The number of carbonyl (C=O) groups is 3. The van der Waals surface area contributed by atoms with Crippen molar-refractivity contribution in [2.75, 3.05) is 11.4 Å². The maximum atomic E-state index is 13.2. The van der Waals surface area contributed by atoms with Crippen LogP contribution in [0.1, 0.15) is 22.3 Å². The van der Waals surface area contributed by atoms with E-state index in [1.165, 1.54) is 41.3 Å². The van der Waals surface area contributed by atoms with Crippen LogP contribution in [0.2, 0.25) is 0 Å². The van der Waals surface area contributed by atoms with E-state index in [-0.39, 0.29) is 11.6 Å². The van der Waals surface area contributed by atoms with E-state index in [0.29, 0.717) is 24.1 Å². The molecule has 28 heavy (non-hydrogen) atoms. The molecule has 0 aromatic heterocycles. The molecule has 2 aromatic carbocycles. The molecule has 2 aliphatic rings. The van der Waals surface area contributed by atoms with Gasteiger partial charge in [0.15, 0.2) is 0 Å². The molecule has 7 nitrogen and oxygen atoms in total. The van der Waals surface area contributed by atoms with Crippen molar-refractivity contribution in [3.63, 3.8) is 0 Å². The van der Waals surface area contributed by atoms with Crippen LogP contribution in [0.5, 0.6) is 0 Å². The van der Waals surface area contributed by atoms with Crippen molar-refractivity contribution in [2.45, 2.75) is 18.5 Å². The number of anilines is 1. The van der Waals surface area contributed by atoms with Crippen LogP contribution in [-0.4, -0.2) is 41.4 Å². The number of halogens is 1. The molecule has 1 N–H and O–H groups in total. The number of likely N-dealkylation sites (tertiary alicyclic amines) is 1. The van der Waals surface area contributed by atoms with Gasteiger partial charge in [-0.3, -0.25) is 9.59 Å². The highest BCUT2D eigenvalue weighted by molar-refractivity contribution is 6.19. The van der Waals surface area contributed by atoms with Gasteiger partial charge in [-0.1, -0.05) is 0 Å². The Bertz CT molecular complexity index is 998. The molecule has 4 rings (SSSR count). The lowest BCUT2D eigenvalue weighted by atomic mass is 10.0. The second-order valence-corrected chi connectivity index (χ2v) is 6.63. The summed E-state index contributed by atoms with van der Waals surface area (Å²) in [4.78, 5) is 40.8. The van der Waals surface area contributed by atoms with E-state index in [2.05, 4.69) is 5.32 Å². The van der Waals surface area contributed by atoms with Gasteiger partial charge in [-0.2, -0.15) is 5.26 Å². The molecule has 0 saturated carbocycles. The first-order valence-corrected chi connectivity index (χ1v) is 8.71. The minimum atomic E-state index is -0.842. The lowest BCUT2D eigenvalue weighted by Gasteiger charge is -2.36. The van der Waals surface area contributed by atoms with Crippen molar-refractivity contribution in [1.82, 2.24) is 10.2 Å². The van der Waals surface area contributed by atoms with Crippen molar-refractivity contribution in [3.05, 3.63) is 65.5 Å². The van der Waals surface area contributed by atoms with Crippen LogP contribution in [0.15, 0.2) is 48.5 Å². The van der Waals surface area contributed by atoms with Crippen LogP contribution >= 0.6 is 0 Å². The number of nitrogens with one attached hydrogen (secondary N) is 1. The SMILES string of the molecule is N#Cc1ccc(C(=O)N2CC[C@H]3NC(=O)N(c4ccc(F)cc4)C(=O)[C@H]32)cc1. The predicted octanol–water partition coefficient (Wildman–Crippen LogP) is 2.04. The van der Waals surface area contributed by atoms with Gasteiger partial charge >= 0.3 is 6.03 Å². The quantitative estimate of drug-likeness (QED) is 0.865. The Balaban J connectivity index is 1.63. The molecule has 2 fully saturated rings. The number of fused-ring (bicyclic) bond motifs is 1. The molecule has 8 heteroatoms. The topological polar surface area (TPSA) is 93.5 Å². The van der Waals surface area contributed by atoms with Crippen LogP contribution in [0.25, 0.3) is 0 Å². The maximum Gasteiger partial charge on any atom is 0.329 e. The molecule has 0 radical (unpaired) electrons. The highest BCUT2D eigenvalue weighted by atomic mass is 19.1. The van der Waals surface area contributed by atoms with E-state index in [9.17, 15) is 18.8 Å². The van der Waals surface area contributed by atoms with Gasteiger partial charge in [-0.25, -0.2) is 14.1 Å². The standard InChI is InChI=1S/C20H15FN4O3/c21-14-5-7-15(8-6-14)25-19(27)17-16(23-20(25)28)9-10-24(17)18(26)13-3-1-12(11-22)2-4-13/h1-8,16-17H,9-10H2,(H,23,28)/t16-,17+/m1/s1. The van der Waals surface area contributed by atoms with Gasteiger partial charge < -0.3 is 10.2 Å². The first-order valence-electron chi connectivity index (χ1n) is 8.71. The summed E-state index contributed by atoms with van der Waals surface area (Å²) in [6.07, 6.45) is 0.460. The number of rotatable bonds is 2. The minimum absolute atomic E-state index is 0.236. The second-order valence-electron chi connectivity index (χ2n) is 6.63. The molecule has 2 saturated heterocycles. The Labute approximate surface area is 160 Å². The molecular formula is C20H15FN4O3. The zero-order valence-corrected chi connectivity index (χ0v) is 14.6. The summed E-state index contributed by atoms with van der Waals surface area (Å²) in [6.45, 7) is 0.317. The molecule has 2 aliphatic heterocycles. The van der Waals surface area contributed by atoms with Crippen LogP contribution in [0.4, 0.5) is 14.9 Å². The number of benzene rings is 2. The van der Waals surface area contributed by atoms with Crippen molar-refractivity contribution in [3.8, 4) is 6.07 Å². The third-order valence-electron chi connectivity index (χ3n) is 4.99. The molecule has 0 unspecified atom stereocenters. The zero-order valence-electron chi connectivity index (χ0n) is 14.6. The molecule has 4 amide bonds. The number of imide groups is 1. The van der Waals surface area contributed by atoms with E-state index >= 15 is 0 Å². The molecule has 0 spiro atoms. The van der Waals surface area contributed by atoms with E-state index in [1.807, 2.05) is 6.07 Å². The smallest absolute Gasteiger partial charge is 0.329 e. The van der Waals surface area contributed by atoms with E-state index < -0.39 is 29.8 Å². The summed E-state index contributed by atoms with van der Waals surface area (Å²) in [6, 6.07) is 11.2. The summed E-state index contributed by atoms with van der Waals surface area (Å²) in [5, 5.41) is 11.6. The number of hydrogen-bond donors (Lipinski definition) is 1. The Morgan fingerprint density at radius 3 is 2.43 bits per heavy atom. The van der Waals surface area contributed by atoms with Gasteiger partial charge in [0.1, 0.15) is 11.9 Å². The van der Waals surface area contributed by atoms with Crippen molar-refractivity contribution < 1.29 is 18.8 Å². The summed E-state index contributed by atoms with van der Waals surface area (Å²) >= 11 is 0. The second kappa shape index (κ2) is 6.78. The molecule has 0 aliphatic carbocycles. The Morgan fingerprint density at radius 1 is 1.11 bits per heavy atom. The zero-order chi connectivity index (χ0) is 19.8. The number of urea groups is 1. The number of hydrogen-bond acceptors (Lipinski definition) is 4. The number of nitriles is 1. The lowest BCUT2D eigenvalue weighted by molar-refractivity contribution is -0.122. The highest BCUT2D eigenvalue weighted by Crippen LogP contribution is 2.29. The first kappa shape index (κ1) is 17.7. The van der Waals surface area contributed by atoms with Gasteiger partial charge in [0.2, 0.25) is 0 Å². The van der Waals surface area contributed by atoms with Crippen LogP contribution < -0.4 is 10.2 Å². The highest BCUT2D eigenvalue weighted by Gasteiger charge is 2.50. The monoisotopic (exact) mass is 378 g/mol. The number of amides is 4. The van der Waals surface area contributed by atoms with Gasteiger partial charge in [0.05, 0.1) is 23.4 Å². The fourth-order valence-electron chi connectivity index (χ4n) is 3.62. The number of nitrogens with zero attached hydrogens (tertiary/aromatic N) is 3. The van der Waals surface area contributed by atoms with Gasteiger partial charge in [0.25, 0.3) is 11.8 Å². The van der Waals surface area contributed by atoms with Gasteiger partial charge in [-0.15, -0.1) is 0 Å². The summed E-state index contributed by atoms with van der Waals surface area (Å²) in [5.74, 6) is -1.36. The largest absolute Gasteiger partial charge is 0.332 e. The third-order valence-corrected chi connectivity index (χ3v) is 4.99. The Kier molecular flexibility index (Phi) is 4.28. The van der Waals surface area contributed by atoms with Crippen LogP contribution in [-0.2, 0) is 4.79 Å². The van der Waals surface area contributed by atoms with E-state index in [1.54, 1.807) is 0 Å². The molecule has 0 bridgehead atoms. The van der Waals surface area contributed by atoms with Crippen LogP contribution in [0, 0.1) is 17.1 Å². The van der Waals surface area contributed by atoms with Gasteiger partial charge in [0, 0.05) is 12.1 Å².